The molecule has 0 saturated heterocycles. The Morgan fingerprint density at radius 2 is 1.83 bits per heavy atom. The van der Waals surface area contributed by atoms with Crippen LogP contribution in [-0.4, -0.2) is 47.7 Å². The third-order valence-corrected chi connectivity index (χ3v) is 1.83. The average molecular weight is 255 g/mol. The minimum Gasteiger partial charge on any atom is -0.467 e. The van der Waals surface area contributed by atoms with Crippen LogP contribution in [0.25, 0.3) is 0 Å². The molecule has 0 unspecified atom stereocenters. The van der Waals surface area contributed by atoms with E-state index in [1.54, 1.807) is 6.92 Å². The number of carbonyl (C=O) groups excluding carboxylic acids is 1. The van der Waals surface area contributed by atoms with Crippen molar-refractivity contribution in [3.63, 3.8) is 0 Å². The highest BCUT2D eigenvalue weighted by Crippen LogP contribution is 2.10. The van der Waals surface area contributed by atoms with Gasteiger partial charge in [-0.15, -0.1) is 0 Å². The number of anilines is 2. The van der Waals surface area contributed by atoms with Gasteiger partial charge in [0.2, 0.25) is 11.9 Å². The molecule has 1 rings (SSSR count). The molecule has 0 amide bonds. The Hall–Kier alpha value is -2.12. The van der Waals surface area contributed by atoms with Gasteiger partial charge in [0.1, 0.15) is 6.54 Å². The minimum atomic E-state index is -0.373. The Bertz CT molecular complexity index is 399. The van der Waals surface area contributed by atoms with Gasteiger partial charge >= 0.3 is 12.0 Å². The van der Waals surface area contributed by atoms with Gasteiger partial charge in [-0.2, -0.15) is 15.0 Å². The van der Waals surface area contributed by atoms with E-state index in [9.17, 15) is 4.79 Å². The Labute approximate surface area is 105 Å². The zero-order valence-corrected chi connectivity index (χ0v) is 10.7. The van der Waals surface area contributed by atoms with E-state index in [-0.39, 0.29) is 24.5 Å². The van der Waals surface area contributed by atoms with E-state index in [0.717, 1.165) is 0 Å². The third-order valence-electron chi connectivity index (χ3n) is 1.83. The van der Waals surface area contributed by atoms with Crippen molar-refractivity contribution in [2.45, 2.75) is 13.8 Å². The number of methoxy groups -OCH3 is 1. The molecule has 100 valence electrons. The Balaban J connectivity index is 2.68. The van der Waals surface area contributed by atoms with Crippen LogP contribution in [0.2, 0.25) is 0 Å². The number of carbonyl (C=O) groups is 1. The lowest BCUT2D eigenvalue weighted by atomic mass is 10.6. The van der Waals surface area contributed by atoms with E-state index in [0.29, 0.717) is 19.1 Å². The molecule has 0 saturated carbocycles. The first kappa shape index (κ1) is 13.9. The molecule has 0 fully saturated rings. The summed E-state index contributed by atoms with van der Waals surface area (Å²) in [5, 5.41) is 5.68. The van der Waals surface area contributed by atoms with Gasteiger partial charge in [0.05, 0.1) is 13.7 Å². The summed E-state index contributed by atoms with van der Waals surface area (Å²) in [6.07, 6.45) is 0. The van der Waals surface area contributed by atoms with Gasteiger partial charge in [-0.25, -0.2) is 0 Å². The second kappa shape index (κ2) is 7.25. The maximum absolute atomic E-state index is 11.2. The highest BCUT2D eigenvalue weighted by Gasteiger charge is 2.08. The van der Waals surface area contributed by atoms with Crippen LogP contribution in [0.5, 0.6) is 6.01 Å². The van der Waals surface area contributed by atoms with Crippen molar-refractivity contribution in [3.05, 3.63) is 0 Å². The van der Waals surface area contributed by atoms with E-state index in [2.05, 4.69) is 25.6 Å². The maximum Gasteiger partial charge on any atom is 0.325 e. The molecule has 1 aromatic rings. The third kappa shape index (κ3) is 4.40. The first-order valence-electron chi connectivity index (χ1n) is 5.63. The number of aromatic nitrogens is 3. The number of ether oxygens (including phenoxy) is 2. The lowest BCUT2D eigenvalue weighted by Gasteiger charge is -2.08. The van der Waals surface area contributed by atoms with Gasteiger partial charge < -0.3 is 20.1 Å². The summed E-state index contributed by atoms with van der Waals surface area (Å²) in [5.41, 5.74) is 0. The van der Waals surface area contributed by atoms with Crippen molar-refractivity contribution >= 4 is 17.9 Å². The van der Waals surface area contributed by atoms with E-state index in [1.807, 2.05) is 6.92 Å². The van der Waals surface area contributed by atoms with Gasteiger partial charge in [-0.3, -0.25) is 4.79 Å². The highest BCUT2D eigenvalue weighted by molar-refractivity contribution is 5.74. The smallest absolute Gasteiger partial charge is 0.325 e. The molecule has 0 aromatic carbocycles. The molecule has 0 spiro atoms. The van der Waals surface area contributed by atoms with Crippen LogP contribution in [0, 0.1) is 0 Å². The predicted octanol–water partition coefficient (Wildman–Crippen LogP) is 0.287. The van der Waals surface area contributed by atoms with Crippen LogP contribution < -0.4 is 15.4 Å². The van der Waals surface area contributed by atoms with Gasteiger partial charge in [0.25, 0.3) is 0 Å². The monoisotopic (exact) mass is 255 g/mol. The molecule has 0 aliphatic carbocycles. The predicted molar refractivity (Wildman–Crippen MR) is 65.7 cm³/mol. The molecule has 0 aliphatic heterocycles. The van der Waals surface area contributed by atoms with Crippen molar-refractivity contribution in [1.29, 1.82) is 0 Å². The van der Waals surface area contributed by atoms with E-state index < -0.39 is 0 Å². The molecular weight excluding hydrogens is 238 g/mol. The standard InChI is InChI=1S/C10H17N5O3/c1-4-11-8-13-9(15-10(14-8)17-3)12-6-7(16)18-5-2/h4-6H2,1-3H3,(H2,11,12,13,14,15). The Kier molecular flexibility index (Phi) is 5.62. The lowest BCUT2D eigenvalue weighted by molar-refractivity contribution is -0.140. The van der Waals surface area contributed by atoms with Gasteiger partial charge in [0.15, 0.2) is 0 Å². The number of nitrogens with zero attached hydrogens (tertiary/aromatic N) is 3. The first-order chi connectivity index (χ1) is 8.69. The van der Waals surface area contributed by atoms with Crippen molar-refractivity contribution in [2.24, 2.45) is 0 Å². The quantitative estimate of drug-likeness (QED) is 0.671. The number of esters is 1. The number of hydrogen-bond acceptors (Lipinski definition) is 8. The second-order valence-electron chi connectivity index (χ2n) is 3.16. The van der Waals surface area contributed by atoms with Crippen LogP contribution in [-0.2, 0) is 9.53 Å². The fourth-order valence-electron chi connectivity index (χ4n) is 1.13. The van der Waals surface area contributed by atoms with E-state index in [4.69, 9.17) is 9.47 Å². The molecule has 18 heavy (non-hydrogen) atoms. The first-order valence-corrected chi connectivity index (χ1v) is 5.63. The summed E-state index contributed by atoms with van der Waals surface area (Å²) in [6.45, 7) is 4.66. The SMILES string of the molecule is CCNc1nc(NCC(=O)OCC)nc(OC)n1. The molecule has 0 aliphatic rings. The lowest BCUT2D eigenvalue weighted by Crippen LogP contribution is -2.19. The number of hydrogen-bond donors (Lipinski definition) is 2. The molecule has 8 nitrogen and oxygen atoms in total. The normalized spacial score (nSPS) is 9.72. The number of nitrogens with one attached hydrogen (secondary N) is 2. The van der Waals surface area contributed by atoms with Gasteiger partial charge in [-0.1, -0.05) is 0 Å². The van der Waals surface area contributed by atoms with Crippen LogP contribution in [0.4, 0.5) is 11.9 Å². The van der Waals surface area contributed by atoms with Crippen LogP contribution in [0.15, 0.2) is 0 Å². The zero-order valence-electron chi connectivity index (χ0n) is 10.7. The molecule has 0 bridgehead atoms. The van der Waals surface area contributed by atoms with Gasteiger partial charge in [-0.05, 0) is 13.8 Å². The average Bonchev–Trinajstić information content (AvgIpc) is 2.37. The second-order valence-corrected chi connectivity index (χ2v) is 3.16. The minimum absolute atomic E-state index is 0.00737. The summed E-state index contributed by atoms with van der Waals surface area (Å²) < 4.78 is 9.72. The summed E-state index contributed by atoms with van der Waals surface area (Å²) >= 11 is 0. The Morgan fingerprint density at radius 1 is 1.17 bits per heavy atom. The van der Waals surface area contributed by atoms with Crippen molar-refractivity contribution in [1.82, 2.24) is 15.0 Å². The van der Waals surface area contributed by atoms with Crippen molar-refractivity contribution in [2.75, 3.05) is 37.4 Å². The summed E-state index contributed by atoms with van der Waals surface area (Å²) in [6, 6.07) is 0.173. The van der Waals surface area contributed by atoms with Crippen molar-refractivity contribution < 1.29 is 14.3 Å². The Morgan fingerprint density at radius 3 is 2.39 bits per heavy atom. The molecule has 1 heterocycles. The molecule has 8 heteroatoms. The summed E-state index contributed by atoms with van der Waals surface area (Å²) in [4.78, 5) is 23.2. The summed E-state index contributed by atoms with van der Waals surface area (Å²) in [7, 11) is 1.46. The largest absolute Gasteiger partial charge is 0.467 e. The molecule has 1 aromatic heterocycles. The number of rotatable bonds is 7. The molecular formula is C10H17N5O3. The fraction of sp³-hybridized carbons (Fsp3) is 0.600. The highest BCUT2D eigenvalue weighted by atomic mass is 16.5. The van der Waals surface area contributed by atoms with Gasteiger partial charge in [0, 0.05) is 6.54 Å². The molecule has 0 radical (unpaired) electrons. The molecule has 0 atom stereocenters. The van der Waals surface area contributed by atoms with Crippen molar-refractivity contribution in [3.8, 4) is 6.01 Å². The maximum atomic E-state index is 11.2. The van der Waals surface area contributed by atoms with Crippen LogP contribution >= 0.6 is 0 Å². The van der Waals surface area contributed by atoms with Crippen LogP contribution in [0.3, 0.4) is 0 Å². The van der Waals surface area contributed by atoms with Crippen LogP contribution in [0.1, 0.15) is 13.8 Å². The summed E-state index contributed by atoms with van der Waals surface area (Å²) in [5.74, 6) is 0.267. The van der Waals surface area contributed by atoms with E-state index >= 15 is 0 Å². The molecule has 2 N–H and O–H groups in total. The fourth-order valence-corrected chi connectivity index (χ4v) is 1.13. The zero-order chi connectivity index (χ0) is 13.4. The topological polar surface area (TPSA) is 98.3 Å². The van der Waals surface area contributed by atoms with E-state index in [1.165, 1.54) is 7.11 Å².